The maximum Gasteiger partial charge on any atom is 0.430 e. The Hall–Kier alpha value is -5.00. The molecule has 236 valence electrons. The number of hydrazine groups is 1. The van der Waals surface area contributed by atoms with Gasteiger partial charge in [-0.3, -0.25) is 0 Å². The monoisotopic (exact) mass is 609 g/mol. The molecule has 2 atom stereocenters. The number of rotatable bonds is 10. The molecule has 0 heterocycles. The molecule has 12 nitrogen and oxygen atoms in total. The van der Waals surface area contributed by atoms with E-state index < -0.39 is 41.9 Å². The predicted octanol–water partition coefficient (Wildman–Crippen LogP) is 5.36. The molecular formula is C32H39N3O9. The van der Waals surface area contributed by atoms with Gasteiger partial charge in [-0.25, -0.2) is 24.6 Å². The van der Waals surface area contributed by atoms with E-state index in [1.165, 1.54) is 7.11 Å². The van der Waals surface area contributed by atoms with Crippen molar-refractivity contribution in [3.8, 4) is 5.75 Å². The third kappa shape index (κ3) is 10.4. The van der Waals surface area contributed by atoms with E-state index in [1.807, 2.05) is 24.3 Å². The highest BCUT2D eigenvalue weighted by Gasteiger charge is 2.42. The number of nitrogens with zero attached hydrogens (tertiary/aromatic N) is 1. The summed E-state index contributed by atoms with van der Waals surface area (Å²) >= 11 is 0. The summed E-state index contributed by atoms with van der Waals surface area (Å²) in [5.74, 6) is -0.463. The molecule has 0 fully saturated rings. The Balaban J connectivity index is 1.99. The Morgan fingerprint density at radius 2 is 1.61 bits per heavy atom. The first-order chi connectivity index (χ1) is 21.0. The summed E-state index contributed by atoms with van der Waals surface area (Å²) in [6.07, 6.45) is 4.09. The molecule has 0 aliphatic heterocycles. The number of allylic oxidation sites excluding steroid dienone is 3. The van der Waals surface area contributed by atoms with Crippen molar-refractivity contribution in [1.29, 1.82) is 0 Å². The molecule has 0 radical (unpaired) electrons. The van der Waals surface area contributed by atoms with E-state index >= 15 is 0 Å². The highest BCUT2D eigenvalue weighted by molar-refractivity contribution is 5.85. The third-order valence-electron chi connectivity index (χ3n) is 6.29. The van der Waals surface area contributed by atoms with Gasteiger partial charge in [0.1, 0.15) is 24.6 Å². The van der Waals surface area contributed by atoms with Gasteiger partial charge < -0.3 is 29.0 Å². The molecule has 3 rings (SSSR count). The number of hydrogen-bond donors (Lipinski definition) is 2. The maximum absolute atomic E-state index is 13.6. The number of methoxy groups -OCH3 is 2. The van der Waals surface area contributed by atoms with Gasteiger partial charge >= 0.3 is 24.2 Å². The Labute approximate surface area is 256 Å². The van der Waals surface area contributed by atoms with Gasteiger partial charge in [-0.15, -0.1) is 0 Å². The zero-order valence-corrected chi connectivity index (χ0v) is 25.5. The summed E-state index contributed by atoms with van der Waals surface area (Å²) < 4.78 is 26.6. The highest BCUT2D eigenvalue weighted by Crippen LogP contribution is 2.26. The number of amides is 3. The average Bonchev–Trinajstić information content (AvgIpc) is 3.01. The molecule has 0 saturated heterocycles. The minimum atomic E-state index is -1.67. The van der Waals surface area contributed by atoms with Crippen molar-refractivity contribution in [3.63, 3.8) is 0 Å². The van der Waals surface area contributed by atoms with Gasteiger partial charge in [-0.1, -0.05) is 60.7 Å². The van der Waals surface area contributed by atoms with E-state index in [9.17, 15) is 19.2 Å². The number of ether oxygens (including phenoxy) is 5. The Morgan fingerprint density at radius 3 is 2.20 bits per heavy atom. The van der Waals surface area contributed by atoms with Crippen molar-refractivity contribution < 1.29 is 42.9 Å². The second-order valence-corrected chi connectivity index (χ2v) is 10.8. The van der Waals surface area contributed by atoms with Crippen molar-refractivity contribution in [2.24, 2.45) is 0 Å². The molecule has 3 amide bonds. The summed E-state index contributed by atoms with van der Waals surface area (Å²) in [4.78, 5) is 53.1. The van der Waals surface area contributed by atoms with Crippen LogP contribution in [0.3, 0.4) is 0 Å². The predicted molar refractivity (Wildman–Crippen MR) is 160 cm³/mol. The molecule has 44 heavy (non-hydrogen) atoms. The first kappa shape index (κ1) is 33.5. The van der Waals surface area contributed by atoms with E-state index in [0.29, 0.717) is 28.3 Å². The summed E-state index contributed by atoms with van der Waals surface area (Å²) in [6, 6.07) is 12.3. The third-order valence-corrected chi connectivity index (χ3v) is 6.29. The molecule has 12 heteroatoms. The van der Waals surface area contributed by atoms with Gasteiger partial charge in [0.2, 0.25) is 0 Å². The van der Waals surface area contributed by atoms with Gasteiger partial charge in [0, 0.05) is 0 Å². The van der Waals surface area contributed by atoms with Crippen LogP contribution in [0.5, 0.6) is 5.75 Å². The number of carbonyl (C=O) groups is 4. The highest BCUT2D eigenvalue weighted by atomic mass is 16.6. The van der Waals surface area contributed by atoms with Crippen LogP contribution in [0.25, 0.3) is 0 Å². The fourth-order valence-corrected chi connectivity index (χ4v) is 4.18. The fraction of sp³-hybridized carbons (Fsp3) is 0.375. The van der Waals surface area contributed by atoms with E-state index in [4.69, 9.17) is 23.7 Å². The standard InChI is InChI=1S/C32H39N3O9/c1-32(2,3)44-29(37)33-26(24-16-18-25(40-4)19-17-24)27(28(36)41-5)35(31(39)43-21-23-14-10-7-11-15-23)34-30(38)42-20-22-12-8-6-9-13-22/h6-10,12-14,16-19,26-27H,11,15,20-21H2,1-5H3,(H,33,37)(H,34,38)/t26-,27+/m0/s1. The van der Waals surface area contributed by atoms with E-state index in [2.05, 4.69) is 10.7 Å². The lowest BCUT2D eigenvalue weighted by Crippen LogP contribution is -2.60. The summed E-state index contributed by atoms with van der Waals surface area (Å²) in [5.41, 5.74) is 3.35. The number of esters is 1. The smallest absolute Gasteiger partial charge is 0.430 e. The number of carbonyl (C=O) groups excluding carboxylic acids is 4. The van der Waals surface area contributed by atoms with Crippen molar-refractivity contribution in [1.82, 2.24) is 15.8 Å². The van der Waals surface area contributed by atoms with Gasteiger partial charge in [0.25, 0.3) is 0 Å². The minimum absolute atomic E-state index is 0.0962. The Bertz CT molecular complexity index is 1330. The fourth-order valence-electron chi connectivity index (χ4n) is 4.18. The van der Waals surface area contributed by atoms with Crippen molar-refractivity contribution in [2.75, 3.05) is 20.8 Å². The summed E-state index contributed by atoms with van der Waals surface area (Å²) in [5, 5.41) is 3.31. The van der Waals surface area contributed by atoms with Crippen LogP contribution in [0.4, 0.5) is 14.4 Å². The Kier molecular flexibility index (Phi) is 12.2. The summed E-state index contributed by atoms with van der Waals surface area (Å²) in [6.45, 7) is 4.82. The van der Waals surface area contributed by atoms with E-state index in [-0.39, 0.29) is 13.2 Å². The summed E-state index contributed by atoms with van der Waals surface area (Å²) in [7, 11) is 2.60. The number of alkyl carbamates (subject to hydrolysis) is 1. The van der Waals surface area contributed by atoms with Crippen LogP contribution >= 0.6 is 0 Å². The Morgan fingerprint density at radius 1 is 0.909 bits per heavy atom. The second kappa shape index (κ2) is 16.0. The zero-order valence-electron chi connectivity index (χ0n) is 25.5. The van der Waals surface area contributed by atoms with Crippen LogP contribution in [0, 0.1) is 0 Å². The first-order valence-corrected chi connectivity index (χ1v) is 14.0. The number of hydrogen-bond acceptors (Lipinski definition) is 9. The van der Waals surface area contributed by atoms with Crippen molar-refractivity contribution in [3.05, 3.63) is 89.5 Å². The van der Waals surface area contributed by atoms with Gasteiger partial charge in [0.05, 0.1) is 20.3 Å². The van der Waals surface area contributed by atoms with Gasteiger partial charge in [-0.05, 0) is 62.4 Å². The molecule has 2 aromatic carbocycles. The van der Waals surface area contributed by atoms with Crippen molar-refractivity contribution in [2.45, 2.75) is 57.9 Å². The minimum Gasteiger partial charge on any atom is -0.497 e. The lowest BCUT2D eigenvalue weighted by atomic mass is 9.98. The molecule has 1 aliphatic rings. The molecule has 0 unspecified atom stereocenters. The van der Waals surface area contributed by atoms with E-state index in [1.54, 1.807) is 69.3 Å². The molecule has 0 spiro atoms. The molecule has 2 N–H and O–H groups in total. The molecule has 1 aliphatic carbocycles. The van der Waals surface area contributed by atoms with Crippen LogP contribution in [0.15, 0.2) is 78.4 Å². The number of benzene rings is 2. The van der Waals surface area contributed by atoms with Crippen LogP contribution in [-0.4, -0.2) is 61.7 Å². The molecular weight excluding hydrogens is 570 g/mol. The van der Waals surface area contributed by atoms with Crippen LogP contribution in [0.2, 0.25) is 0 Å². The molecule has 2 aromatic rings. The van der Waals surface area contributed by atoms with E-state index in [0.717, 1.165) is 19.1 Å². The molecule has 0 aromatic heterocycles. The lowest BCUT2D eigenvalue weighted by Gasteiger charge is -2.35. The topological polar surface area (TPSA) is 142 Å². The van der Waals surface area contributed by atoms with Crippen LogP contribution in [0.1, 0.15) is 50.8 Å². The van der Waals surface area contributed by atoms with Gasteiger partial charge in [0.15, 0.2) is 6.04 Å². The lowest BCUT2D eigenvalue weighted by molar-refractivity contribution is -0.148. The zero-order chi connectivity index (χ0) is 32.1. The second-order valence-electron chi connectivity index (χ2n) is 10.8. The number of nitrogens with one attached hydrogen (secondary N) is 2. The SMILES string of the molecule is COC(=O)[C@@H]([C@@H](NC(=O)OC(C)(C)C)c1ccc(OC)cc1)N(NC(=O)OCc1ccccc1)C(=O)OCC1=CC=CCC1. The van der Waals surface area contributed by atoms with Gasteiger partial charge in [-0.2, -0.15) is 5.01 Å². The first-order valence-electron chi connectivity index (χ1n) is 14.0. The molecule has 0 bridgehead atoms. The maximum atomic E-state index is 13.6. The van der Waals surface area contributed by atoms with Crippen LogP contribution < -0.4 is 15.5 Å². The normalized spacial score (nSPS) is 13.8. The largest absolute Gasteiger partial charge is 0.497 e. The molecule has 0 saturated carbocycles. The van der Waals surface area contributed by atoms with Crippen molar-refractivity contribution >= 4 is 24.2 Å². The quantitative estimate of drug-likeness (QED) is 0.207. The van der Waals surface area contributed by atoms with Crippen LogP contribution in [-0.2, 0) is 30.3 Å². The average molecular weight is 610 g/mol.